The first-order valence-electron chi connectivity index (χ1n) is 35.4. The highest BCUT2D eigenvalue weighted by atomic mass is 31.2. The molecule has 0 aliphatic rings. The number of carbonyl (C=O) groups excluding carboxylic acids is 2. The average molecular weight is 1150 g/mol. The van der Waals surface area contributed by atoms with E-state index in [0.29, 0.717) is 23.9 Å². The normalized spacial score (nSPS) is 13.1. The Morgan fingerprint density at radius 1 is 0.375 bits per heavy atom. The topological polar surface area (TPSA) is 108 Å². The average Bonchev–Trinajstić information content (AvgIpc) is 3.42. The summed E-state index contributed by atoms with van der Waals surface area (Å²) in [7, 11) is 1.50. The summed E-state index contributed by atoms with van der Waals surface area (Å²) in [5.41, 5.74) is 0. The summed E-state index contributed by atoms with van der Waals surface area (Å²) in [6.45, 7) is 4.51. The zero-order chi connectivity index (χ0) is 58.4. The molecule has 0 aliphatic carbocycles. The van der Waals surface area contributed by atoms with E-state index in [1.54, 1.807) is 0 Å². The maximum absolute atomic E-state index is 12.9. The number of nitrogens with zero attached hydrogens (tertiary/aromatic N) is 1. The van der Waals surface area contributed by atoms with E-state index in [4.69, 9.17) is 18.5 Å². The molecule has 0 aromatic carbocycles. The summed E-state index contributed by atoms with van der Waals surface area (Å²) in [6, 6.07) is 0. The number of carbonyl (C=O) groups is 2. The molecule has 0 saturated heterocycles. The predicted molar refractivity (Wildman–Crippen MR) is 345 cm³/mol. The van der Waals surface area contributed by atoms with E-state index in [-0.39, 0.29) is 25.6 Å². The summed E-state index contributed by atoms with van der Waals surface area (Å²) in [4.78, 5) is 35.8. The molecule has 476 valence electrons. The van der Waals surface area contributed by atoms with Gasteiger partial charge in [0.05, 0.1) is 27.7 Å². The van der Waals surface area contributed by atoms with Gasteiger partial charge in [-0.2, -0.15) is 0 Å². The van der Waals surface area contributed by atoms with Crippen molar-refractivity contribution in [1.29, 1.82) is 0 Å². The summed E-state index contributed by atoms with van der Waals surface area (Å²) in [5.74, 6) is -0.774. The molecular weight excluding hydrogens is 1010 g/mol. The van der Waals surface area contributed by atoms with Crippen LogP contribution in [0.3, 0.4) is 0 Å². The maximum Gasteiger partial charge on any atom is 0.472 e. The lowest BCUT2D eigenvalue weighted by molar-refractivity contribution is -0.870. The number of rotatable bonds is 67. The standard InChI is InChI=1S/C70H138NO8P/c1-6-8-10-12-14-16-18-20-22-24-26-28-30-31-32-33-34-35-36-37-38-39-41-42-44-46-48-50-52-54-56-58-60-62-69(72)76-66-68(67-78-80(74,75)77-65-64-71(3,4)5)79-70(73)63-61-59-57-55-53-51-49-47-45-43-40-29-27-25-23-21-19-17-15-13-11-9-7-2/h25,27,68H,6-24,26,28-67H2,1-5H3/p+1/b27-25-. The van der Waals surface area contributed by atoms with Crippen LogP contribution in [0.25, 0.3) is 0 Å². The molecule has 0 spiro atoms. The van der Waals surface area contributed by atoms with Gasteiger partial charge in [-0.15, -0.1) is 0 Å². The third kappa shape index (κ3) is 65.9. The van der Waals surface area contributed by atoms with Gasteiger partial charge in [-0.05, 0) is 38.5 Å². The van der Waals surface area contributed by atoms with E-state index in [9.17, 15) is 19.0 Å². The van der Waals surface area contributed by atoms with Gasteiger partial charge in [0, 0.05) is 12.8 Å². The smallest absolute Gasteiger partial charge is 0.462 e. The molecular formula is C70H139NO8P+. The Bertz CT molecular complexity index is 1350. The van der Waals surface area contributed by atoms with Crippen LogP contribution < -0.4 is 0 Å². The third-order valence-corrected chi connectivity index (χ3v) is 17.3. The summed E-state index contributed by atoms with van der Waals surface area (Å²) < 4.78 is 34.7. The van der Waals surface area contributed by atoms with E-state index in [1.165, 1.54) is 308 Å². The summed E-state index contributed by atoms with van der Waals surface area (Å²) >= 11 is 0. The van der Waals surface area contributed by atoms with Gasteiger partial charge in [0.25, 0.3) is 0 Å². The highest BCUT2D eigenvalue weighted by molar-refractivity contribution is 7.47. The monoisotopic (exact) mass is 1150 g/mol. The molecule has 0 rings (SSSR count). The molecule has 0 heterocycles. The number of unbranched alkanes of at least 4 members (excludes halogenated alkanes) is 51. The maximum atomic E-state index is 12.9. The molecule has 0 saturated carbocycles. The Kier molecular flexibility index (Phi) is 61.3. The van der Waals surface area contributed by atoms with Crippen molar-refractivity contribution in [2.24, 2.45) is 0 Å². The number of hydrogen-bond acceptors (Lipinski definition) is 7. The number of ether oxygens (including phenoxy) is 2. The van der Waals surface area contributed by atoms with Crippen LogP contribution in [0.15, 0.2) is 12.2 Å². The van der Waals surface area contributed by atoms with Crippen LogP contribution in [0.4, 0.5) is 0 Å². The summed E-state index contributed by atoms with van der Waals surface area (Å²) in [6.07, 6.45) is 76.2. The fraction of sp³-hybridized carbons (Fsp3) is 0.943. The Morgan fingerprint density at radius 2 is 0.637 bits per heavy atom. The Labute approximate surface area is 498 Å². The van der Waals surface area contributed by atoms with Crippen LogP contribution in [-0.4, -0.2) is 74.9 Å². The highest BCUT2D eigenvalue weighted by Crippen LogP contribution is 2.43. The Balaban J connectivity index is 3.95. The van der Waals surface area contributed by atoms with E-state index < -0.39 is 26.5 Å². The van der Waals surface area contributed by atoms with Crippen molar-refractivity contribution in [1.82, 2.24) is 0 Å². The molecule has 0 bridgehead atoms. The number of phosphoric acid groups is 1. The Morgan fingerprint density at radius 3 is 0.925 bits per heavy atom. The van der Waals surface area contributed by atoms with Crippen molar-refractivity contribution < 1.29 is 42.1 Å². The zero-order valence-corrected chi connectivity index (χ0v) is 55.3. The van der Waals surface area contributed by atoms with Gasteiger partial charge in [-0.3, -0.25) is 18.6 Å². The first kappa shape index (κ1) is 78.8. The molecule has 0 radical (unpaired) electrons. The van der Waals surface area contributed by atoms with Gasteiger partial charge < -0.3 is 18.9 Å². The van der Waals surface area contributed by atoms with Gasteiger partial charge in [0.2, 0.25) is 0 Å². The number of phosphoric ester groups is 1. The molecule has 9 nitrogen and oxygen atoms in total. The number of likely N-dealkylation sites (N-methyl/N-ethyl adjacent to an activating group) is 1. The minimum absolute atomic E-state index is 0.0357. The zero-order valence-electron chi connectivity index (χ0n) is 54.4. The number of esters is 2. The van der Waals surface area contributed by atoms with E-state index >= 15 is 0 Å². The van der Waals surface area contributed by atoms with Gasteiger partial charge in [-0.25, -0.2) is 4.57 Å². The van der Waals surface area contributed by atoms with Gasteiger partial charge in [0.15, 0.2) is 6.10 Å². The lowest BCUT2D eigenvalue weighted by Gasteiger charge is -2.24. The molecule has 80 heavy (non-hydrogen) atoms. The second-order valence-electron chi connectivity index (χ2n) is 25.6. The van der Waals surface area contributed by atoms with Crippen molar-refractivity contribution >= 4 is 19.8 Å². The first-order valence-corrected chi connectivity index (χ1v) is 36.9. The second-order valence-corrected chi connectivity index (χ2v) is 27.1. The van der Waals surface area contributed by atoms with Crippen molar-refractivity contribution in [2.75, 3.05) is 47.5 Å². The minimum Gasteiger partial charge on any atom is -0.462 e. The SMILES string of the molecule is CCCCCCCCCC/C=C\CCCCCCCCCCCCCC(=O)OC(COC(=O)CCCCCCCCCCCCCCCCCCCCCCCCCCCCCCCCCCC)COP(=O)(O)OCC[N+](C)(C)C. The molecule has 0 fully saturated rings. The van der Waals surface area contributed by atoms with Crippen molar-refractivity contribution in [3.8, 4) is 0 Å². The van der Waals surface area contributed by atoms with Crippen LogP contribution in [-0.2, 0) is 32.7 Å². The van der Waals surface area contributed by atoms with E-state index in [1.807, 2.05) is 21.1 Å². The quantitative estimate of drug-likeness (QED) is 0.0211. The van der Waals surface area contributed by atoms with Gasteiger partial charge in [-0.1, -0.05) is 334 Å². The largest absolute Gasteiger partial charge is 0.472 e. The van der Waals surface area contributed by atoms with Crippen LogP contribution in [0.2, 0.25) is 0 Å². The van der Waals surface area contributed by atoms with Crippen LogP contribution in [0.1, 0.15) is 373 Å². The fourth-order valence-electron chi connectivity index (χ4n) is 10.8. The number of allylic oxidation sites excluding steroid dienone is 2. The molecule has 1 N–H and O–H groups in total. The highest BCUT2D eigenvalue weighted by Gasteiger charge is 2.27. The fourth-order valence-corrected chi connectivity index (χ4v) is 11.6. The second kappa shape index (κ2) is 62.3. The minimum atomic E-state index is -4.39. The van der Waals surface area contributed by atoms with Crippen LogP contribution in [0, 0.1) is 0 Å². The lowest BCUT2D eigenvalue weighted by Crippen LogP contribution is -2.37. The molecule has 0 aliphatic heterocycles. The van der Waals surface area contributed by atoms with E-state index in [2.05, 4.69) is 26.0 Å². The van der Waals surface area contributed by atoms with Crippen LogP contribution >= 0.6 is 7.82 Å². The number of quaternary nitrogens is 1. The molecule has 0 aromatic rings. The predicted octanol–water partition coefficient (Wildman–Crippen LogP) is 22.7. The van der Waals surface area contributed by atoms with Gasteiger partial charge in [0.1, 0.15) is 19.8 Å². The molecule has 0 aromatic heterocycles. The molecule has 2 unspecified atom stereocenters. The lowest BCUT2D eigenvalue weighted by atomic mass is 10.0. The van der Waals surface area contributed by atoms with Crippen molar-refractivity contribution in [3.05, 3.63) is 12.2 Å². The van der Waals surface area contributed by atoms with E-state index in [0.717, 1.165) is 32.1 Å². The molecule has 0 amide bonds. The van der Waals surface area contributed by atoms with Crippen LogP contribution in [0.5, 0.6) is 0 Å². The van der Waals surface area contributed by atoms with Crippen molar-refractivity contribution in [3.63, 3.8) is 0 Å². The third-order valence-electron chi connectivity index (χ3n) is 16.3. The van der Waals surface area contributed by atoms with Crippen molar-refractivity contribution in [2.45, 2.75) is 380 Å². The molecule has 10 heteroatoms. The first-order chi connectivity index (χ1) is 39.0. The van der Waals surface area contributed by atoms with Gasteiger partial charge >= 0.3 is 19.8 Å². The Hall–Kier alpha value is -1.25. The number of hydrogen-bond donors (Lipinski definition) is 1. The molecule has 2 atom stereocenters. The summed E-state index contributed by atoms with van der Waals surface area (Å²) in [5, 5.41) is 0.